The van der Waals surface area contributed by atoms with Gasteiger partial charge >= 0.3 is 0 Å². The SMILES string of the molecule is Cc1ccc(-n2nnnc2NCc2cc(OC3CCNC3)ccn2)cc1. The molecule has 1 fully saturated rings. The van der Waals surface area contributed by atoms with Gasteiger partial charge in [-0.2, -0.15) is 4.68 Å². The third-order valence-corrected chi connectivity index (χ3v) is 4.28. The Morgan fingerprint density at radius 2 is 2.15 bits per heavy atom. The average Bonchev–Trinajstić information content (AvgIpc) is 3.33. The lowest BCUT2D eigenvalue weighted by atomic mass is 10.2. The molecule has 2 aromatic heterocycles. The maximum Gasteiger partial charge on any atom is 0.248 e. The zero-order valence-corrected chi connectivity index (χ0v) is 14.6. The maximum atomic E-state index is 5.98. The molecule has 1 unspecified atom stereocenters. The first-order valence-corrected chi connectivity index (χ1v) is 8.69. The Morgan fingerprint density at radius 3 is 2.96 bits per heavy atom. The molecule has 0 amide bonds. The summed E-state index contributed by atoms with van der Waals surface area (Å²) in [6, 6.07) is 11.9. The van der Waals surface area contributed by atoms with E-state index < -0.39 is 0 Å². The molecule has 1 atom stereocenters. The first-order chi connectivity index (χ1) is 12.8. The predicted octanol–water partition coefficient (Wildman–Crippen LogP) is 1.72. The van der Waals surface area contributed by atoms with Gasteiger partial charge in [-0.15, -0.1) is 0 Å². The van der Waals surface area contributed by atoms with E-state index in [1.54, 1.807) is 10.9 Å². The normalized spacial score (nSPS) is 16.6. The van der Waals surface area contributed by atoms with Gasteiger partial charge in [-0.3, -0.25) is 4.98 Å². The van der Waals surface area contributed by atoms with Gasteiger partial charge in [0.05, 0.1) is 17.9 Å². The summed E-state index contributed by atoms with van der Waals surface area (Å²) in [7, 11) is 0. The van der Waals surface area contributed by atoms with E-state index in [2.05, 4.69) is 31.1 Å². The summed E-state index contributed by atoms with van der Waals surface area (Å²) in [5, 5.41) is 18.4. The second-order valence-corrected chi connectivity index (χ2v) is 6.32. The number of nitrogens with zero attached hydrogens (tertiary/aromatic N) is 5. The van der Waals surface area contributed by atoms with Crippen LogP contribution in [0.3, 0.4) is 0 Å². The zero-order chi connectivity index (χ0) is 17.8. The minimum atomic E-state index is 0.229. The Kier molecular flexibility index (Phi) is 4.74. The maximum absolute atomic E-state index is 5.98. The van der Waals surface area contributed by atoms with Gasteiger partial charge in [-0.1, -0.05) is 22.8 Å². The van der Waals surface area contributed by atoms with Crippen LogP contribution in [-0.4, -0.2) is 44.4 Å². The number of benzene rings is 1. The van der Waals surface area contributed by atoms with E-state index in [9.17, 15) is 0 Å². The first kappa shape index (κ1) is 16.5. The van der Waals surface area contributed by atoms with Crippen LogP contribution >= 0.6 is 0 Å². The molecule has 4 rings (SSSR count). The third kappa shape index (κ3) is 3.80. The van der Waals surface area contributed by atoms with E-state index in [4.69, 9.17) is 4.74 Å². The number of hydrogen-bond donors (Lipinski definition) is 2. The van der Waals surface area contributed by atoms with E-state index >= 15 is 0 Å². The smallest absolute Gasteiger partial charge is 0.248 e. The second kappa shape index (κ2) is 7.49. The van der Waals surface area contributed by atoms with Gasteiger partial charge in [0.2, 0.25) is 5.95 Å². The molecule has 0 radical (unpaired) electrons. The van der Waals surface area contributed by atoms with Crippen LogP contribution in [-0.2, 0) is 6.54 Å². The van der Waals surface area contributed by atoms with E-state index in [0.717, 1.165) is 36.6 Å². The molecule has 1 aromatic carbocycles. The lowest BCUT2D eigenvalue weighted by molar-refractivity contribution is 0.222. The summed E-state index contributed by atoms with van der Waals surface area (Å²) in [5.74, 6) is 1.41. The second-order valence-electron chi connectivity index (χ2n) is 6.32. The lowest BCUT2D eigenvalue weighted by Gasteiger charge is -2.13. The van der Waals surface area contributed by atoms with Gasteiger partial charge in [-0.05, 0) is 48.5 Å². The van der Waals surface area contributed by atoms with Crippen LogP contribution in [0, 0.1) is 6.92 Å². The highest BCUT2D eigenvalue weighted by Crippen LogP contribution is 2.17. The average molecular weight is 351 g/mol. The molecule has 0 bridgehead atoms. The lowest BCUT2D eigenvalue weighted by Crippen LogP contribution is -2.19. The number of tetrazole rings is 1. The van der Waals surface area contributed by atoms with Crippen molar-refractivity contribution in [3.8, 4) is 11.4 Å². The Labute approximate surface area is 151 Å². The van der Waals surface area contributed by atoms with Crippen molar-refractivity contribution < 1.29 is 4.74 Å². The molecule has 0 spiro atoms. The van der Waals surface area contributed by atoms with Crippen molar-refractivity contribution in [2.45, 2.75) is 26.0 Å². The zero-order valence-electron chi connectivity index (χ0n) is 14.6. The quantitative estimate of drug-likeness (QED) is 0.699. The molecule has 134 valence electrons. The Morgan fingerprint density at radius 1 is 1.27 bits per heavy atom. The van der Waals surface area contributed by atoms with Gasteiger partial charge in [0, 0.05) is 18.8 Å². The van der Waals surface area contributed by atoms with Crippen LogP contribution < -0.4 is 15.4 Å². The van der Waals surface area contributed by atoms with E-state index in [0.29, 0.717) is 12.5 Å². The summed E-state index contributed by atoms with van der Waals surface area (Å²) >= 11 is 0. The minimum Gasteiger partial charge on any atom is -0.489 e. The van der Waals surface area contributed by atoms with Crippen LogP contribution in [0.15, 0.2) is 42.6 Å². The van der Waals surface area contributed by atoms with E-state index in [1.807, 2.05) is 43.3 Å². The molecule has 1 aliphatic heterocycles. The van der Waals surface area contributed by atoms with Crippen LogP contribution in [0.2, 0.25) is 0 Å². The van der Waals surface area contributed by atoms with Crippen molar-refractivity contribution in [2.75, 3.05) is 18.4 Å². The third-order valence-electron chi connectivity index (χ3n) is 4.28. The molecular weight excluding hydrogens is 330 g/mol. The van der Waals surface area contributed by atoms with Crippen molar-refractivity contribution in [2.24, 2.45) is 0 Å². The van der Waals surface area contributed by atoms with Crippen molar-refractivity contribution in [3.05, 3.63) is 53.9 Å². The van der Waals surface area contributed by atoms with Gasteiger partial charge in [0.1, 0.15) is 11.9 Å². The van der Waals surface area contributed by atoms with Crippen LogP contribution in [0.25, 0.3) is 5.69 Å². The predicted molar refractivity (Wildman–Crippen MR) is 97.4 cm³/mol. The number of ether oxygens (including phenoxy) is 1. The topological polar surface area (TPSA) is 89.8 Å². The highest BCUT2D eigenvalue weighted by molar-refractivity contribution is 5.40. The molecule has 0 aliphatic carbocycles. The summed E-state index contributed by atoms with van der Waals surface area (Å²) < 4.78 is 7.65. The highest BCUT2D eigenvalue weighted by Gasteiger charge is 2.16. The van der Waals surface area contributed by atoms with Gasteiger partial charge in [0.15, 0.2) is 0 Å². The molecule has 1 aliphatic rings. The standard InChI is InChI=1S/C18H21N7O/c1-13-2-4-15(5-3-13)25-18(22-23-24-25)21-11-14-10-16(7-9-20-14)26-17-6-8-19-12-17/h2-5,7,9-10,17,19H,6,8,11-12H2,1H3,(H,21,22,24). The van der Waals surface area contributed by atoms with E-state index in [1.165, 1.54) is 5.56 Å². The molecule has 8 nitrogen and oxygen atoms in total. The summed E-state index contributed by atoms with van der Waals surface area (Å²) in [5.41, 5.74) is 2.96. The number of nitrogens with one attached hydrogen (secondary N) is 2. The molecule has 1 saturated heterocycles. The number of aromatic nitrogens is 5. The van der Waals surface area contributed by atoms with Crippen molar-refractivity contribution in [1.82, 2.24) is 30.5 Å². The first-order valence-electron chi connectivity index (χ1n) is 8.69. The minimum absolute atomic E-state index is 0.229. The van der Waals surface area contributed by atoms with Crippen molar-refractivity contribution in [3.63, 3.8) is 0 Å². The van der Waals surface area contributed by atoms with Crippen LogP contribution in [0.4, 0.5) is 5.95 Å². The fourth-order valence-electron chi connectivity index (χ4n) is 2.87. The van der Waals surface area contributed by atoms with Gasteiger partial charge in [0.25, 0.3) is 0 Å². The number of pyridine rings is 1. The number of hydrogen-bond acceptors (Lipinski definition) is 7. The molecule has 0 saturated carbocycles. The summed E-state index contributed by atoms with van der Waals surface area (Å²) in [6.45, 7) is 4.45. The number of rotatable bonds is 6. The molecule has 8 heteroatoms. The highest BCUT2D eigenvalue weighted by atomic mass is 16.5. The summed E-state index contributed by atoms with van der Waals surface area (Å²) in [4.78, 5) is 4.39. The van der Waals surface area contributed by atoms with Gasteiger partial charge < -0.3 is 15.4 Å². The largest absolute Gasteiger partial charge is 0.489 e. The van der Waals surface area contributed by atoms with Crippen LogP contribution in [0.5, 0.6) is 5.75 Å². The Hall–Kier alpha value is -3.00. The van der Waals surface area contributed by atoms with Crippen molar-refractivity contribution in [1.29, 1.82) is 0 Å². The molecule has 26 heavy (non-hydrogen) atoms. The molecule has 3 heterocycles. The fourth-order valence-corrected chi connectivity index (χ4v) is 2.87. The molecule has 2 N–H and O–H groups in total. The number of aryl methyl sites for hydroxylation is 1. The van der Waals surface area contributed by atoms with Crippen molar-refractivity contribution >= 4 is 5.95 Å². The fraction of sp³-hybridized carbons (Fsp3) is 0.333. The Bertz CT molecular complexity index is 856. The summed E-state index contributed by atoms with van der Waals surface area (Å²) in [6.07, 6.45) is 3.02. The van der Waals surface area contributed by atoms with Gasteiger partial charge in [-0.25, -0.2) is 0 Å². The number of anilines is 1. The van der Waals surface area contributed by atoms with Crippen LogP contribution in [0.1, 0.15) is 17.7 Å². The Balaban J connectivity index is 1.43. The monoisotopic (exact) mass is 351 g/mol. The van der Waals surface area contributed by atoms with E-state index in [-0.39, 0.29) is 6.10 Å². The molecular formula is C18H21N7O. The molecule has 3 aromatic rings.